The minimum absolute atomic E-state index is 0.122. The van der Waals surface area contributed by atoms with E-state index in [4.69, 9.17) is 4.42 Å². The average molecular weight is 499 g/mol. The van der Waals surface area contributed by atoms with Crippen molar-refractivity contribution in [1.29, 1.82) is 0 Å². The molecule has 2 aromatic rings. The van der Waals surface area contributed by atoms with Crippen molar-refractivity contribution in [3.63, 3.8) is 0 Å². The predicted octanol–water partition coefficient (Wildman–Crippen LogP) is 3.79. The molecule has 35 heavy (non-hydrogen) atoms. The Kier molecular flexibility index (Phi) is 6.02. The van der Waals surface area contributed by atoms with Crippen LogP contribution in [0.15, 0.2) is 28.0 Å². The summed E-state index contributed by atoms with van der Waals surface area (Å²) in [5.41, 5.74) is -0.122. The van der Waals surface area contributed by atoms with Crippen LogP contribution in [0.25, 0.3) is 0 Å². The molecule has 188 valence electrons. The van der Waals surface area contributed by atoms with E-state index in [-0.39, 0.29) is 17.5 Å². The number of furan rings is 1. The quantitative estimate of drug-likeness (QED) is 0.560. The molecule has 4 bridgehead atoms. The van der Waals surface area contributed by atoms with Crippen molar-refractivity contribution in [3.8, 4) is 0 Å². The third-order valence-corrected chi connectivity index (χ3v) is 9.37. The molecule has 0 spiro atoms. The average Bonchev–Trinajstić information content (AvgIpc) is 3.56. The number of anilines is 1. The number of hydrogen-bond donors (Lipinski definition) is 2. The molecule has 5 fully saturated rings. The van der Waals surface area contributed by atoms with Crippen LogP contribution in [-0.2, 0) is 11.3 Å². The molecule has 1 atom stereocenters. The Morgan fingerprint density at radius 1 is 1.14 bits per heavy atom. The van der Waals surface area contributed by atoms with Gasteiger partial charge in [-0.3, -0.25) is 14.7 Å². The second kappa shape index (κ2) is 9.19. The number of imide groups is 1. The van der Waals surface area contributed by atoms with Crippen molar-refractivity contribution in [1.82, 2.24) is 25.4 Å². The third-order valence-electron chi connectivity index (χ3n) is 8.29. The van der Waals surface area contributed by atoms with Crippen molar-refractivity contribution in [2.75, 3.05) is 18.0 Å². The normalized spacial score (nSPS) is 30.0. The predicted molar refractivity (Wildman–Crippen MR) is 132 cm³/mol. The number of nitrogens with zero attached hydrogens (tertiary/aromatic N) is 4. The number of carbonyl (C=O) groups is 2. The van der Waals surface area contributed by atoms with Crippen LogP contribution >= 0.6 is 11.8 Å². The maximum atomic E-state index is 13.0. The largest absolute Gasteiger partial charge is 0.467 e. The first kappa shape index (κ1) is 22.9. The lowest BCUT2D eigenvalue weighted by atomic mass is 9.53. The Morgan fingerprint density at radius 3 is 2.46 bits per heavy atom. The fourth-order valence-corrected chi connectivity index (χ4v) is 8.02. The molecule has 0 aromatic carbocycles. The monoisotopic (exact) mass is 498 g/mol. The number of amides is 3. The van der Waals surface area contributed by atoms with E-state index in [0.717, 1.165) is 74.7 Å². The van der Waals surface area contributed by atoms with Gasteiger partial charge in [-0.05, 0) is 88.2 Å². The minimum atomic E-state index is -0.497. The van der Waals surface area contributed by atoms with E-state index in [0.29, 0.717) is 11.7 Å². The fraction of sp³-hybridized carbons (Fsp3) is 0.680. The van der Waals surface area contributed by atoms with E-state index in [1.54, 1.807) is 13.2 Å². The van der Waals surface area contributed by atoms with Gasteiger partial charge in [-0.25, -0.2) is 4.79 Å². The molecular formula is C25H34N6O3S. The Bertz CT molecular complexity index is 1040. The topological polar surface area (TPSA) is 105 Å². The standard InChI is InChI=1S/C25H34N6O3S/c1-16(21(32)26-22(33)27-25-12-17-9-18(13-25)11-19(10-17)14-25)35-24-29-28-23(30-6-2-3-7-30)31(24)15-20-5-4-8-34-20/h4-5,8,16-19H,2-3,6-7,9-15H2,1H3,(H2,26,27,32,33). The summed E-state index contributed by atoms with van der Waals surface area (Å²) in [6, 6.07) is 3.42. The first-order valence-electron chi connectivity index (χ1n) is 13.0. The summed E-state index contributed by atoms with van der Waals surface area (Å²) >= 11 is 1.32. The molecule has 1 saturated heterocycles. The van der Waals surface area contributed by atoms with Gasteiger partial charge in [-0.1, -0.05) is 11.8 Å². The number of hydrogen-bond acceptors (Lipinski definition) is 7. The second-order valence-electron chi connectivity index (χ2n) is 11.0. The maximum Gasteiger partial charge on any atom is 0.321 e. The zero-order chi connectivity index (χ0) is 24.0. The van der Waals surface area contributed by atoms with Crippen LogP contribution in [0.1, 0.15) is 64.1 Å². The van der Waals surface area contributed by atoms with E-state index >= 15 is 0 Å². The van der Waals surface area contributed by atoms with E-state index in [2.05, 4.69) is 25.7 Å². The number of nitrogens with one attached hydrogen (secondary N) is 2. The van der Waals surface area contributed by atoms with Crippen LogP contribution in [-0.4, -0.2) is 50.6 Å². The van der Waals surface area contributed by atoms with Gasteiger partial charge in [0.25, 0.3) is 0 Å². The Hall–Kier alpha value is -2.49. The lowest BCUT2D eigenvalue weighted by Gasteiger charge is -2.56. The summed E-state index contributed by atoms with van der Waals surface area (Å²) in [4.78, 5) is 28.0. The highest BCUT2D eigenvalue weighted by Gasteiger charge is 2.51. The number of thioether (sulfide) groups is 1. The van der Waals surface area contributed by atoms with Gasteiger partial charge in [0.2, 0.25) is 11.9 Å². The molecule has 1 aliphatic heterocycles. The van der Waals surface area contributed by atoms with Crippen molar-refractivity contribution < 1.29 is 14.0 Å². The molecule has 10 heteroatoms. The van der Waals surface area contributed by atoms with Gasteiger partial charge in [-0.15, -0.1) is 10.2 Å². The van der Waals surface area contributed by atoms with Crippen molar-refractivity contribution >= 4 is 29.6 Å². The van der Waals surface area contributed by atoms with Gasteiger partial charge in [0.15, 0.2) is 5.16 Å². The lowest BCUT2D eigenvalue weighted by molar-refractivity contribution is -0.119. The summed E-state index contributed by atoms with van der Waals surface area (Å²) in [6.07, 6.45) is 11.0. The third kappa shape index (κ3) is 4.69. The molecule has 7 rings (SSSR count). The van der Waals surface area contributed by atoms with E-state index in [1.807, 2.05) is 16.7 Å². The highest BCUT2D eigenvalue weighted by Crippen LogP contribution is 2.55. The zero-order valence-electron chi connectivity index (χ0n) is 20.2. The summed E-state index contributed by atoms with van der Waals surface area (Å²) in [5, 5.41) is 14.8. The van der Waals surface area contributed by atoms with Gasteiger partial charge in [0.05, 0.1) is 18.1 Å². The van der Waals surface area contributed by atoms with E-state index in [1.165, 1.54) is 31.0 Å². The van der Waals surface area contributed by atoms with Crippen LogP contribution < -0.4 is 15.5 Å². The molecule has 9 nitrogen and oxygen atoms in total. The molecule has 4 saturated carbocycles. The van der Waals surface area contributed by atoms with Gasteiger partial charge in [0.1, 0.15) is 5.76 Å². The van der Waals surface area contributed by atoms with E-state index < -0.39 is 5.25 Å². The van der Waals surface area contributed by atoms with Crippen LogP contribution in [0.4, 0.5) is 10.7 Å². The van der Waals surface area contributed by atoms with Crippen molar-refractivity contribution in [2.24, 2.45) is 17.8 Å². The minimum Gasteiger partial charge on any atom is -0.467 e. The summed E-state index contributed by atoms with van der Waals surface area (Å²) in [7, 11) is 0. The van der Waals surface area contributed by atoms with Crippen LogP contribution in [0.2, 0.25) is 0 Å². The van der Waals surface area contributed by atoms with Gasteiger partial charge in [-0.2, -0.15) is 0 Å². The smallest absolute Gasteiger partial charge is 0.321 e. The summed E-state index contributed by atoms with van der Waals surface area (Å²) in [6.45, 7) is 4.19. The highest BCUT2D eigenvalue weighted by atomic mass is 32.2. The van der Waals surface area contributed by atoms with Gasteiger partial charge in [0, 0.05) is 18.6 Å². The SMILES string of the molecule is CC(Sc1nnc(N2CCCC2)n1Cc1ccco1)C(=O)NC(=O)NC12CC3CC(CC(C3)C1)C2. The number of urea groups is 1. The van der Waals surface area contributed by atoms with Crippen LogP contribution in [0, 0.1) is 17.8 Å². The highest BCUT2D eigenvalue weighted by molar-refractivity contribution is 8.00. The summed E-state index contributed by atoms with van der Waals surface area (Å²) < 4.78 is 7.57. The molecule has 0 radical (unpaired) electrons. The van der Waals surface area contributed by atoms with Gasteiger partial charge >= 0.3 is 6.03 Å². The molecule has 4 aliphatic carbocycles. The van der Waals surface area contributed by atoms with E-state index in [9.17, 15) is 9.59 Å². The second-order valence-corrected chi connectivity index (χ2v) is 12.4. The first-order chi connectivity index (χ1) is 17.0. The number of aromatic nitrogens is 3. The van der Waals surface area contributed by atoms with Crippen LogP contribution in [0.3, 0.4) is 0 Å². The van der Waals surface area contributed by atoms with Gasteiger partial charge < -0.3 is 14.6 Å². The first-order valence-corrected chi connectivity index (χ1v) is 13.8. The fourth-order valence-electron chi connectivity index (χ4n) is 7.18. The maximum absolute atomic E-state index is 13.0. The molecule has 3 amide bonds. The number of rotatable bonds is 7. The van der Waals surface area contributed by atoms with Crippen molar-refractivity contribution in [3.05, 3.63) is 24.2 Å². The molecule has 2 N–H and O–H groups in total. The molecule has 2 aromatic heterocycles. The lowest BCUT2D eigenvalue weighted by Crippen LogP contribution is -2.62. The molecular weight excluding hydrogens is 464 g/mol. The molecule has 5 aliphatic rings. The molecule has 1 unspecified atom stereocenters. The Morgan fingerprint density at radius 2 is 1.83 bits per heavy atom. The van der Waals surface area contributed by atoms with Crippen molar-refractivity contribution in [2.45, 2.75) is 80.8 Å². The van der Waals surface area contributed by atoms with Crippen LogP contribution in [0.5, 0.6) is 0 Å². The molecule has 3 heterocycles. The number of carbonyl (C=O) groups excluding carboxylic acids is 2. The zero-order valence-corrected chi connectivity index (χ0v) is 21.1. The summed E-state index contributed by atoms with van der Waals surface area (Å²) in [5.74, 6) is 3.49. The Labute approximate surface area is 209 Å². The Balaban J connectivity index is 1.10.